The highest BCUT2D eigenvalue weighted by atomic mass is 35.5. The Morgan fingerprint density at radius 1 is 1.67 bits per heavy atom. The molecule has 0 radical (unpaired) electrons. The van der Waals surface area contributed by atoms with Crippen LogP contribution in [0.3, 0.4) is 0 Å². The first-order valence-corrected chi connectivity index (χ1v) is 4.07. The number of aromatic nitrogens is 1. The first-order valence-electron chi connectivity index (χ1n) is 3.69. The SMILES string of the molecule is O=[N+]([O-])c1cnc(CO)c(Cl)c1C(F)F. The van der Waals surface area contributed by atoms with Crippen LogP contribution < -0.4 is 0 Å². The van der Waals surface area contributed by atoms with Crippen molar-refractivity contribution in [3.63, 3.8) is 0 Å². The Kier molecular flexibility index (Phi) is 3.48. The second-order valence-electron chi connectivity index (χ2n) is 2.53. The molecule has 0 bridgehead atoms. The Hall–Kier alpha value is -1.34. The fourth-order valence-electron chi connectivity index (χ4n) is 0.996. The van der Waals surface area contributed by atoms with Crippen LogP contribution in [0, 0.1) is 10.1 Å². The minimum absolute atomic E-state index is 0.211. The summed E-state index contributed by atoms with van der Waals surface area (Å²) in [7, 11) is 0. The van der Waals surface area contributed by atoms with E-state index in [1.54, 1.807) is 0 Å². The molecule has 0 aliphatic rings. The average Bonchev–Trinajstić information content (AvgIpc) is 2.16. The van der Waals surface area contributed by atoms with E-state index in [9.17, 15) is 18.9 Å². The quantitative estimate of drug-likeness (QED) is 0.646. The van der Waals surface area contributed by atoms with Crippen molar-refractivity contribution in [3.05, 3.63) is 32.6 Å². The third-order valence-corrected chi connectivity index (χ3v) is 2.09. The van der Waals surface area contributed by atoms with E-state index in [2.05, 4.69) is 4.98 Å². The van der Waals surface area contributed by atoms with Crippen LogP contribution in [0.2, 0.25) is 5.02 Å². The van der Waals surface area contributed by atoms with Crippen LogP contribution in [0.4, 0.5) is 14.5 Å². The van der Waals surface area contributed by atoms with Crippen LogP contribution in [0.25, 0.3) is 0 Å². The van der Waals surface area contributed by atoms with Crippen molar-refractivity contribution in [3.8, 4) is 0 Å². The Balaban J connectivity index is 3.44. The second-order valence-corrected chi connectivity index (χ2v) is 2.91. The molecule has 0 aliphatic heterocycles. The Morgan fingerprint density at radius 3 is 2.67 bits per heavy atom. The molecule has 1 aromatic rings. The molecule has 0 saturated heterocycles. The topological polar surface area (TPSA) is 76.3 Å². The maximum absolute atomic E-state index is 12.5. The van der Waals surface area contributed by atoms with Gasteiger partial charge in [-0.1, -0.05) is 11.6 Å². The van der Waals surface area contributed by atoms with Crippen molar-refractivity contribution in [1.82, 2.24) is 4.98 Å². The van der Waals surface area contributed by atoms with E-state index in [0.717, 1.165) is 0 Å². The predicted molar refractivity (Wildman–Crippen MR) is 46.8 cm³/mol. The van der Waals surface area contributed by atoms with Gasteiger partial charge in [0.25, 0.3) is 12.1 Å². The molecule has 0 fully saturated rings. The second kappa shape index (κ2) is 4.45. The zero-order valence-corrected chi connectivity index (χ0v) is 7.91. The van der Waals surface area contributed by atoms with Crippen molar-refractivity contribution >= 4 is 17.3 Å². The van der Waals surface area contributed by atoms with Crippen LogP contribution in [0.15, 0.2) is 6.20 Å². The van der Waals surface area contributed by atoms with E-state index in [-0.39, 0.29) is 5.69 Å². The largest absolute Gasteiger partial charge is 0.390 e. The van der Waals surface area contributed by atoms with E-state index >= 15 is 0 Å². The highest BCUT2D eigenvalue weighted by molar-refractivity contribution is 6.32. The van der Waals surface area contributed by atoms with E-state index in [0.29, 0.717) is 6.20 Å². The van der Waals surface area contributed by atoms with Crippen molar-refractivity contribution < 1.29 is 18.8 Å². The lowest BCUT2D eigenvalue weighted by molar-refractivity contribution is -0.386. The van der Waals surface area contributed by atoms with Gasteiger partial charge in [-0.15, -0.1) is 0 Å². The van der Waals surface area contributed by atoms with E-state index in [4.69, 9.17) is 16.7 Å². The van der Waals surface area contributed by atoms with Gasteiger partial charge < -0.3 is 5.11 Å². The summed E-state index contributed by atoms with van der Waals surface area (Å²) >= 11 is 5.45. The maximum Gasteiger partial charge on any atom is 0.297 e. The lowest BCUT2D eigenvalue weighted by Gasteiger charge is -2.06. The minimum Gasteiger partial charge on any atom is -0.390 e. The number of rotatable bonds is 3. The van der Waals surface area contributed by atoms with Gasteiger partial charge in [-0.2, -0.15) is 0 Å². The Labute approximate surface area is 87.5 Å². The number of hydrogen-bond donors (Lipinski definition) is 1. The Bertz CT molecular complexity index is 400. The summed E-state index contributed by atoms with van der Waals surface area (Å²) in [5, 5.41) is 18.5. The van der Waals surface area contributed by atoms with Crippen molar-refractivity contribution in [1.29, 1.82) is 0 Å². The van der Waals surface area contributed by atoms with Gasteiger partial charge in [-0.3, -0.25) is 15.1 Å². The number of halogens is 3. The average molecular weight is 239 g/mol. The number of nitro groups is 1. The molecule has 5 nitrogen and oxygen atoms in total. The zero-order chi connectivity index (χ0) is 11.6. The molecule has 0 amide bonds. The van der Waals surface area contributed by atoms with Gasteiger partial charge in [0.05, 0.1) is 22.2 Å². The highest BCUT2D eigenvalue weighted by Crippen LogP contribution is 2.35. The molecule has 8 heteroatoms. The molecule has 1 N–H and O–H groups in total. The number of nitrogens with zero attached hydrogens (tertiary/aromatic N) is 2. The van der Waals surface area contributed by atoms with Gasteiger partial charge in [0, 0.05) is 0 Å². The van der Waals surface area contributed by atoms with Crippen LogP contribution in [-0.2, 0) is 6.61 Å². The van der Waals surface area contributed by atoms with Gasteiger partial charge in [0.15, 0.2) is 0 Å². The van der Waals surface area contributed by atoms with Crippen LogP contribution in [0.5, 0.6) is 0 Å². The summed E-state index contributed by atoms with van der Waals surface area (Å²) < 4.78 is 24.9. The van der Waals surface area contributed by atoms with Crippen molar-refractivity contribution in [2.45, 2.75) is 13.0 Å². The van der Waals surface area contributed by atoms with Gasteiger partial charge in [0.2, 0.25) is 0 Å². The molecule has 0 saturated carbocycles. The van der Waals surface area contributed by atoms with E-state index in [1.165, 1.54) is 0 Å². The van der Waals surface area contributed by atoms with Gasteiger partial charge in [-0.05, 0) is 0 Å². The number of aliphatic hydroxyl groups excluding tert-OH is 1. The molecule has 0 spiro atoms. The van der Waals surface area contributed by atoms with Crippen molar-refractivity contribution in [2.24, 2.45) is 0 Å². The summed E-state index contributed by atoms with van der Waals surface area (Å²) in [4.78, 5) is 12.8. The number of aliphatic hydroxyl groups is 1. The zero-order valence-electron chi connectivity index (χ0n) is 7.15. The first kappa shape index (κ1) is 11.7. The predicted octanol–water partition coefficient (Wildman–Crippen LogP) is 2.07. The molecule has 82 valence electrons. The molecule has 0 atom stereocenters. The number of alkyl halides is 2. The molecule has 0 aromatic carbocycles. The highest BCUT2D eigenvalue weighted by Gasteiger charge is 2.27. The third kappa shape index (κ3) is 2.18. The minimum atomic E-state index is -3.09. The summed E-state index contributed by atoms with van der Waals surface area (Å²) in [6, 6.07) is 0. The van der Waals surface area contributed by atoms with Crippen LogP contribution >= 0.6 is 11.6 Å². The molecule has 0 unspecified atom stereocenters. The fourth-order valence-corrected chi connectivity index (χ4v) is 1.28. The van der Waals surface area contributed by atoms with Gasteiger partial charge in [0.1, 0.15) is 11.8 Å². The van der Waals surface area contributed by atoms with Gasteiger partial charge >= 0.3 is 0 Å². The molecule has 1 aromatic heterocycles. The Morgan fingerprint density at radius 2 is 2.27 bits per heavy atom. The summed E-state index contributed by atoms with van der Waals surface area (Å²) in [5.41, 5.74) is -1.98. The monoisotopic (exact) mass is 238 g/mol. The van der Waals surface area contributed by atoms with Crippen molar-refractivity contribution in [2.75, 3.05) is 0 Å². The number of pyridine rings is 1. The lowest BCUT2D eigenvalue weighted by atomic mass is 10.2. The standard InChI is InChI=1S/C7H5ClF2N2O3/c8-6-3(2-13)11-1-4(12(14)15)5(6)7(9)10/h1,7,13H,2H2. The summed E-state index contributed by atoms with van der Waals surface area (Å²) in [6.07, 6.45) is -2.44. The first-order chi connectivity index (χ1) is 6.99. The molecule has 0 aliphatic carbocycles. The lowest BCUT2D eigenvalue weighted by Crippen LogP contribution is -2.02. The molecular formula is C7H5ClF2N2O3. The van der Waals surface area contributed by atoms with E-state index < -0.39 is 34.2 Å². The molecular weight excluding hydrogens is 234 g/mol. The van der Waals surface area contributed by atoms with Crippen LogP contribution in [0.1, 0.15) is 17.7 Å². The normalized spacial score (nSPS) is 10.7. The third-order valence-electron chi connectivity index (χ3n) is 1.67. The molecule has 1 heterocycles. The molecule has 1 rings (SSSR count). The summed E-state index contributed by atoms with van der Waals surface area (Å²) in [6.45, 7) is -0.656. The number of hydrogen-bond acceptors (Lipinski definition) is 4. The van der Waals surface area contributed by atoms with Gasteiger partial charge in [-0.25, -0.2) is 8.78 Å². The summed E-state index contributed by atoms with van der Waals surface area (Å²) in [5.74, 6) is 0. The maximum atomic E-state index is 12.5. The fraction of sp³-hybridized carbons (Fsp3) is 0.286. The smallest absolute Gasteiger partial charge is 0.297 e. The molecule has 15 heavy (non-hydrogen) atoms. The van der Waals surface area contributed by atoms with E-state index in [1.807, 2.05) is 0 Å². The van der Waals surface area contributed by atoms with Crippen LogP contribution in [-0.4, -0.2) is 15.0 Å².